The van der Waals surface area contributed by atoms with Gasteiger partial charge >= 0.3 is 0 Å². The van der Waals surface area contributed by atoms with Crippen molar-refractivity contribution in [2.75, 3.05) is 20.2 Å². The second kappa shape index (κ2) is 7.02. The molecular formula is C15H30N2O2. The fraction of sp³-hybridized carbons (Fsp3) is 1.00. The Hall–Kier alpha value is -0.160. The van der Waals surface area contributed by atoms with Crippen molar-refractivity contribution in [3.05, 3.63) is 0 Å². The van der Waals surface area contributed by atoms with Gasteiger partial charge in [0.15, 0.2) is 0 Å². The van der Waals surface area contributed by atoms with Crippen LogP contribution in [0.3, 0.4) is 0 Å². The molecule has 2 aliphatic heterocycles. The molecule has 0 aliphatic carbocycles. The maximum atomic E-state index is 9.89. The first-order valence-corrected chi connectivity index (χ1v) is 7.81. The molecule has 2 bridgehead atoms. The zero-order valence-electron chi connectivity index (χ0n) is 12.6. The second-order valence-corrected chi connectivity index (χ2v) is 6.52. The monoisotopic (exact) mass is 270 g/mol. The van der Waals surface area contributed by atoms with Crippen LogP contribution in [-0.4, -0.2) is 60.5 Å². The van der Waals surface area contributed by atoms with Crippen molar-refractivity contribution in [3.63, 3.8) is 0 Å². The fourth-order valence-corrected chi connectivity index (χ4v) is 3.45. The van der Waals surface area contributed by atoms with Gasteiger partial charge in [0.2, 0.25) is 0 Å². The first kappa shape index (κ1) is 15.2. The zero-order chi connectivity index (χ0) is 13.8. The molecule has 0 amide bonds. The third-order valence-electron chi connectivity index (χ3n) is 4.60. The third kappa shape index (κ3) is 4.42. The number of aliphatic hydroxyl groups excluding tert-OH is 1. The Balaban J connectivity index is 1.69. The van der Waals surface area contributed by atoms with Gasteiger partial charge < -0.3 is 20.1 Å². The molecule has 2 heterocycles. The lowest BCUT2D eigenvalue weighted by Crippen LogP contribution is -2.55. The van der Waals surface area contributed by atoms with E-state index < -0.39 is 0 Å². The summed E-state index contributed by atoms with van der Waals surface area (Å²) >= 11 is 0. The van der Waals surface area contributed by atoms with Crippen molar-refractivity contribution in [1.82, 2.24) is 10.2 Å². The van der Waals surface area contributed by atoms with E-state index in [9.17, 15) is 5.11 Å². The van der Waals surface area contributed by atoms with Crippen LogP contribution in [-0.2, 0) is 4.74 Å². The molecule has 0 spiro atoms. The SMILES string of the molecule is CC(C)OCC(O)CNC1CC2CCCC(C1)N2C. The molecule has 2 aliphatic rings. The molecule has 2 fully saturated rings. The topological polar surface area (TPSA) is 44.7 Å². The van der Waals surface area contributed by atoms with E-state index >= 15 is 0 Å². The molecule has 2 rings (SSSR count). The number of aliphatic hydroxyl groups is 1. The Bertz CT molecular complexity index is 259. The summed E-state index contributed by atoms with van der Waals surface area (Å²) in [6.45, 7) is 5.08. The van der Waals surface area contributed by atoms with Crippen molar-refractivity contribution < 1.29 is 9.84 Å². The van der Waals surface area contributed by atoms with Gasteiger partial charge in [-0.3, -0.25) is 0 Å². The molecular weight excluding hydrogens is 240 g/mol. The number of nitrogens with zero attached hydrogens (tertiary/aromatic N) is 1. The Labute approximate surface area is 117 Å². The van der Waals surface area contributed by atoms with E-state index in [2.05, 4.69) is 17.3 Å². The number of rotatable bonds is 6. The minimum absolute atomic E-state index is 0.192. The molecule has 2 N–H and O–H groups in total. The van der Waals surface area contributed by atoms with Gasteiger partial charge in [-0.1, -0.05) is 6.42 Å². The zero-order valence-corrected chi connectivity index (χ0v) is 12.6. The first-order chi connectivity index (χ1) is 9.06. The smallest absolute Gasteiger partial charge is 0.0897 e. The normalized spacial score (nSPS) is 33.6. The highest BCUT2D eigenvalue weighted by atomic mass is 16.5. The Morgan fingerprint density at radius 3 is 2.47 bits per heavy atom. The summed E-state index contributed by atoms with van der Waals surface area (Å²) in [7, 11) is 2.27. The highest BCUT2D eigenvalue weighted by Crippen LogP contribution is 2.32. The lowest BCUT2D eigenvalue weighted by atomic mass is 9.82. The van der Waals surface area contributed by atoms with Crippen molar-refractivity contribution >= 4 is 0 Å². The van der Waals surface area contributed by atoms with Gasteiger partial charge in [-0.15, -0.1) is 0 Å². The van der Waals surface area contributed by atoms with Crippen LogP contribution in [0.4, 0.5) is 0 Å². The molecule has 4 nitrogen and oxygen atoms in total. The quantitative estimate of drug-likeness (QED) is 0.765. The lowest BCUT2D eigenvalue weighted by Gasteiger charge is -2.47. The van der Waals surface area contributed by atoms with Crippen LogP contribution in [0.1, 0.15) is 46.0 Å². The number of piperidine rings is 2. The average molecular weight is 270 g/mol. The van der Waals surface area contributed by atoms with Gasteiger partial charge in [-0.2, -0.15) is 0 Å². The molecule has 3 atom stereocenters. The van der Waals surface area contributed by atoms with Crippen molar-refractivity contribution in [1.29, 1.82) is 0 Å². The molecule has 0 radical (unpaired) electrons. The fourth-order valence-electron chi connectivity index (χ4n) is 3.45. The summed E-state index contributed by atoms with van der Waals surface area (Å²) in [4.78, 5) is 2.57. The summed E-state index contributed by atoms with van der Waals surface area (Å²) in [5.74, 6) is 0. The maximum Gasteiger partial charge on any atom is 0.0897 e. The molecule has 112 valence electrons. The van der Waals surface area contributed by atoms with E-state index in [0.717, 1.165) is 12.1 Å². The van der Waals surface area contributed by atoms with Gasteiger partial charge in [0.05, 0.1) is 18.8 Å². The Kier molecular flexibility index (Phi) is 5.63. The van der Waals surface area contributed by atoms with E-state index in [0.29, 0.717) is 19.2 Å². The van der Waals surface area contributed by atoms with Gasteiger partial charge in [-0.05, 0) is 46.6 Å². The minimum atomic E-state index is -0.387. The van der Waals surface area contributed by atoms with Crippen LogP contribution >= 0.6 is 0 Å². The number of hydrogen-bond donors (Lipinski definition) is 2. The lowest BCUT2D eigenvalue weighted by molar-refractivity contribution is 0.000759. The van der Waals surface area contributed by atoms with Gasteiger partial charge in [-0.25, -0.2) is 0 Å². The molecule has 0 saturated carbocycles. The number of hydrogen-bond acceptors (Lipinski definition) is 4. The first-order valence-electron chi connectivity index (χ1n) is 7.81. The van der Waals surface area contributed by atoms with Gasteiger partial charge in [0.1, 0.15) is 0 Å². The van der Waals surface area contributed by atoms with Crippen LogP contribution in [0.25, 0.3) is 0 Å². The Morgan fingerprint density at radius 2 is 1.89 bits per heavy atom. The van der Waals surface area contributed by atoms with Crippen molar-refractivity contribution in [2.45, 2.75) is 76.3 Å². The number of fused-ring (bicyclic) bond motifs is 2. The van der Waals surface area contributed by atoms with Crippen LogP contribution in [0.5, 0.6) is 0 Å². The predicted octanol–water partition coefficient (Wildman–Crippen LogP) is 1.38. The minimum Gasteiger partial charge on any atom is -0.389 e. The van der Waals surface area contributed by atoms with E-state index in [1.165, 1.54) is 32.1 Å². The highest BCUT2D eigenvalue weighted by Gasteiger charge is 2.35. The van der Waals surface area contributed by atoms with Crippen molar-refractivity contribution in [2.24, 2.45) is 0 Å². The third-order valence-corrected chi connectivity index (χ3v) is 4.60. The van der Waals surface area contributed by atoms with Crippen LogP contribution < -0.4 is 5.32 Å². The standard InChI is InChI=1S/C15H30N2O2/c1-11(2)19-10-15(18)9-16-12-7-13-5-4-6-14(8-12)17(13)3/h11-16,18H,4-10H2,1-3H3. The van der Waals surface area contributed by atoms with E-state index in [4.69, 9.17) is 4.74 Å². The van der Waals surface area contributed by atoms with Gasteiger partial charge in [0.25, 0.3) is 0 Å². The van der Waals surface area contributed by atoms with E-state index in [-0.39, 0.29) is 12.2 Å². The van der Waals surface area contributed by atoms with Crippen molar-refractivity contribution in [3.8, 4) is 0 Å². The maximum absolute atomic E-state index is 9.89. The second-order valence-electron chi connectivity index (χ2n) is 6.52. The van der Waals surface area contributed by atoms with Crippen LogP contribution in [0.2, 0.25) is 0 Å². The highest BCUT2D eigenvalue weighted by molar-refractivity contribution is 4.93. The summed E-state index contributed by atoms with van der Waals surface area (Å²) < 4.78 is 5.44. The summed E-state index contributed by atoms with van der Waals surface area (Å²) in [5, 5.41) is 13.4. The molecule has 19 heavy (non-hydrogen) atoms. The van der Waals surface area contributed by atoms with Crippen LogP contribution in [0.15, 0.2) is 0 Å². The summed E-state index contributed by atoms with van der Waals surface area (Å²) in [6, 6.07) is 2.06. The van der Waals surface area contributed by atoms with E-state index in [1.807, 2.05) is 13.8 Å². The van der Waals surface area contributed by atoms with Gasteiger partial charge in [0, 0.05) is 24.7 Å². The molecule has 2 saturated heterocycles. The number of ether oxygens (including phenoxy) is 1. The molecule has 4 heteroatoms. The summed E-state index contributed by atoms with van der Waals surface area (Å²) in [5.41, 5.74) is 0. The molecule has 3 unspecified atom stereocenters. The Morgan fingerprint density at radius 1 is 1.26 bits per heavy atom. The average Bonchev–Trinajstić information content (AvgIpc) is 2.34. The predicted molar refractivity (Wildman–Crippen MR) is 77.3 cm³/mol. The summed E-state index contributed by atoms with van der Waals surface area (Å²) in [6.07, 6.45) is 6.32. The number of nitrogens with one attached hydrogen (secondary N) is 1. The molecule has 0 aromatic rings. The van der Waals surface area contributed by atoms with E-state index in [1.54, 1.807) is 0 Å². The van der Waals surface area contributed by atoms with Crippen LogP contribution in [0, 0.1) is 0 Å². The molecule has 0 aromatic heterocycles. The largest absolute Gasteiger partial charge is 0.389 e. The molecule has 0 aromatic carbocycles.